The third-order valence-corrected chi connectivity index (χ3v) is 6.30. The molecular weight excluding hydrogens is 444 g/mol. The van der Waals surface area contributed by atoms with E-state index in [1.165, 1.54) is 16.2 Å². The number of hydrogen-bond donors (Lipinski definition) is 1. The summed E-state index contributed by atoms with van der Waals surface area (Å²) in [4.78, 5) is 41.3. The summed E-state index contributed by atoms with van der Waals surface area (Å²) in [5.74, 6) is -0.907. The van der Waals surface area contributed by atoms with Crippen molar-refractivity contribution in [2.75, 3.05) is 18.0 Å². The normalized spacial score (nSPS) is 18.7. The lowest BCUT2D eigenvalue weighted by molar-refractivity contribution is -0.134. The Balaban J connectivity index is 1.81. The fourth-order valence-electron chi connectivity index (χ4n) is 2.98. The predicted molar refractivity (Wildman–Crippen MR) is 109 cm³/mol. The van der Waals surface area contributed by atoms with Crippen LogP contribution in [-0.2, 0) is 15.1 Å². The molecule has 2 aromatic rings. The zero-order valence-electron chi connectivity index (χ0n) is 15.0. The van der Waals surface area contributed by atoms with E-state index >= 15 is 0 Å². The van der Waals surface area contributed by atoms with Crippen molar-refractivity contribution < 1.29 is 14.4 Å². The summed E-state index contributed by atoms with van der Waals surface area (Å²) in [6.45, 7) is 1.41. The number of thiophene rings is 1. The van der Waals surface area contributed by atoms with Gasteiger partial charge >= 0.3 is 6.03 Å². The van der Waals surface area contributed by atoms with E-state index in [4.69, 9.17) is 5.26 Å². The first-order valence-corrected chi connectivity index (χ1v) is 10.1. The average Bonchev–Trinajstić information content (AvgIpc) is 3.21. The molecule has 1 fully saturated rings. The highest BCUT2D eigenvalue weighted by molar-refractivity contribution is 9.11. The van der Waals surface area contributed by atoms with Crippen LogP contribution >= 0.6 is 27.3 Å². The number of nitrogens with zero attached hydrogens (tertiary/aromatic N) is 3. The monoisotopic (exact) mass is 460 g/mol. The maximum absolute atomic E-state index is 13.0. The van der Waals surface area contributed by atoms with Gasteiger partial charge in [-0.3, -0.25) is 14.5 Å². The quantitative estimate of drug-likeness (QED) is 0.669. The molecule has 0 aliphatic carbocycles. The van der Waals surface area contributed by atoms with E-state index in [0.29, 0.717) is 10.6 Å². The van der Waals surface area contributed by atoms with E-state index in [-0.39, 0.29) is 13.0 Å². The maximum Gasteiger partial charge on any atom is 0.325 e. The molecule has 7 nitrogen and oxygen atoms in total. The van der Waals surface area contributed by atoms with E-state index in [9.17, 15) is 14.4 Å². The second-order valence-electron chi connectivity index (χ2n) is 6.34. The molecular formula is C19H17BrN4O3S. The van der Waals surface area contributed by atoms with Gasteiger partial charge in [-0.2, -0.15) is 5.26 Å². The molecule has 144 valence electrons. The third kappa shape index (κ3) is 3.79. The standard InChI is InChI=1S/C19H17BrN4O3S/c1-19(14-8-9-15(20)28-14)17(26)24(18(27)22-19)12-16(25)23(11-5-10-21)13-6-3-2-4-7-13/h2-4,6-9H,5,11-12H2,1H3,(H,22,27). The number of para-hydroxylation sites is 1. The predicted octanol–water partition coefficient (Wildman–Crippen LogP) is 3.22. The number of nitrogens with one attached hydrogen (secondary N) is 1. The lowest BCUT2D eigenvalue weighted by Gasteiger charge is -2.24. The summed E-state index contributed by atoms with van der Waals surface area (Å²) in [6, 6.07) is 13.8. The molecule has 1 aliphatic rings. The van der Waals surface area contributed by atoms with Crippen LogP contribution in [0.4, 0.5) is 10.5 Å². The van der Waals surface area contributed by atoms with Gasteiger partial charge in [0.15, 0.2) is 5.54 Å². The van der Waals surface area contributed by atoms with Gasteiger partial charge in [0.25, 0.3) is 5.91 Å². The Morgan fingerprint density at radius 1 is 1.29 bits per heavy atom. The van der Waals surface area contributed by atoms with E-state index in [2.05, 4.69) is 21.2 Å². The van der Waals surface area contributed by atoms with Crippen LogP contribution in [0.2, 0.25) is 0 Å². The number of anilines is 1. The highest BCUT2D eigenvalue weighted by Crippen LogP contribution is 2.35. The minimum Gasteiger partial charge on any atom is -0.319 e. The van der Waals surface area contributed by atoms with Crippen molar-refractivity contribution >= 4 is 50.8 Å². The van der Waals surface area contributed by atoms with E-state index in [1.807, 2.05) is 12.1 Å². The molecule has 1 saturated heterocycles. The lowest BCUT2D eigenvalue weighted by Crippen LogP contribution is -2.44. The smallest absolute Gasteiger partial charge is 0.319 e. The SMILES string of the molecule is CC1(c2ccc(Br)s2)NC(=O)N(CC(=O)N(CCC#N)c2ccccc2)C1=O. The second kappa shape index (κ2) is 8.12. The first kappa shape index (κ1) is 20.0. The van der Waals surface area contributed by atoms with Crippen molar-refractivity contribution in [3.63, 3.8) is 0 Å². The number of nitriles is 1. The van der Waals surface area contributed by atoms with Crippen molar-refractivity contribution in [2.24, 2.45) is 0 Å². The first-order chi connectivity index (χ1) is 13.4. The van der Waals surface area contributed by atoms with Gasteiger partial charge in [0.1, 0.15) is 6.54 Å². The van der Waals surface area contributed by atoms with Crippen LogP contribution in [0, 0.1) is 11.3 Å². The molecule has 1 N–H and O–H groups in total. The van der Waals surface area contributed by atoms with Crippen molar-refractivity contribution in [2.45, 2.75) is 18.9 Å². The van der Waals surface area contributed by atoms with Crippen molar-refractivity contribution in [1.29, 1.82) is 5.26 Å². The van der Waals surface area contributed by atoms with Gasteiger partial charge in [0, 0.05) is 17.1 Å². The molecule has 28 heavy (non-hydrogen) atoms. The number of halogens is 1. The van der Waals surface area contributed by atoms with Gasteiger partial charge in [-0.05, 0) is 47.1 Å². The fourth-order valence-corrected chi connectivity index (χ4v) is 4.46. The van der Waals surface area contributed by atoms with Crippen molar-refractivity contribution in [1.82, 2.24) is 10.2 Å². The average molecular weight is 461 g/mol. The van der Waals surface area contributed by atoms with Crippen LogP contribution in [-0.4, -0.2) is 35.8 Å². The van der Waals surface area contributed by atoms with Crippen LogP contribution in [0.1, 0.15) is 18.2 Å². The Morgan fingerprint density at radius 2 is 2.00 bits per heavy atom. The Kier molecular flexibility index (Phi) is 5.82. The largest absolute Gasteiger partial charge is 0.325 e. The number of imide groups is 1. The molecule has 1 atom stereocenters. The number of hydrogen-bond acceptors (Lipinski definition) is 5. The van der Waals surface area contributed by atoms with E-state index in [1.54, 1.807) is 43.3 Å². The van der Waals surface area contributed by atoms with Crippen LogP contribution in [0.25, 0.3) is 0 Å². The number of rotatable bonds is 6. The molecule has 9 heteroatoms. The lowest BCUT2D eigenvalue weighted by atomic mass is 10.0. The Bertz CT molecular complexity index is 956. The van der Waals surface area contributed by atoms with Gasteiger partial charge in [-0.15, -0.1) is 11.3 Å². The van der Waals surface area contributed by atoms with Crippen LogP contribution in [0.3, 0.4) is 0 Å². The number of carbonyl (C=O) groups excluding carboxylic acids is 3. The number of amides is 4. The van der Waals surface area contributed by atoms with Crippen LogP contribution < -0.4 is 10.2 Å². The molecule has 0 spiro atoms. The molecule has 1 aliphatic heterocycles. The van der Waals surface area contributed by atoms with E-state index in [0.717, 1.165) is 8.69 Å². The summed E-state index contributed by atoms with van der Waals surface area (Å²) in [7, 11) is 0. The Morgan fingerprint density at radius 3 is 2.61 bits per heavy atom. The molecule has 0 bridgehead atoms. The minimum absolute atomic E-state index is 0.141. The summed E-state index contributed by atoms with van der Waals surface area (Å²) in [5.41, 5.74) is -0.599. The van der Waals surface area contributed by atoms with Gasteiger partial charge in [0.2, 0.25) is 5.91 Å². The number of benzene rings is 1. The summed E-state index contributed by atoms with van der Waals surface area (Å²) in [6.07, 6.45) is 0.141. The van der Waals surface area contributed by atoms with Crippen molar-refractivity contribution in [3.8, 4) is 6.07 Å². The number of carbonyl (C=O) groups is 3. The molecule has 1 aromatic heterocycles. The first-order valence-electron chi connectivity index (χ1n) is 8.49. The van der Waals surface area contributed by atoms with E-state index < -0.39 is 29.9 Å². The Labute approximate surface area is 174 Å². The third-order valence-electron chi connectivity index (χ3n) is 4.45. The van der Waals surface area contributed by atoms with Gasteiger partial charge < -0.3 is 10.2 Å². The minimum atomic E-state index is -1.21. The summed E-state index contributed by atoms with van der Waals surface area (Å²) in [5, 5.41) is 11.6. The summed E-state index contributed by atoms with van der Waals surface area (Å²) >= 11 is 4.70. The van der Waals surface area contributed by atoms with Gasteiger partial charge in [0.05, 0.1) is 16.3 Å². The van der Waals surface area contributed by atoms with Gasteiger partial charge in [-0.25, -0.2) is 4.79 Å². The molecule has 1 unspecified atom stereocenters. The number of urea groups is 1. The maximum atomic E-state index is 13.0. The van der Waals surface area contributed by atoms with Gasteiger partial charge in [-0.1, -0.05) is 18.2 Å². The highest BCUT2D eigenvalue weighted by atomic mass is 79.9. The second-order valence-corrected chi connectivity index (χ2v) is 8.80. The molecule has 1 aromatic carbocycles. The zero-order valence-corrected chi connectivity index (χ0v) is 17.4. The fraction of sp³-hybridized carbons (Fsp3) is 0.263. The molecule has 3 rings (SSSR count). The zero-order chi connectivity index (χ0) is 20.3. The molecule has 0 saturated carbocycles. The molecule has 4 amide bonds. The highest BCUT2D eigenvalue weighted by Gasteiger charge is 2.50. The summed E-state index contributed by atoms with van der Waals surface area (Å²) < 4.78 is 0.840. The topological polar surface area (TPSA) is 93.5 Å². The van der Waals surface area contributed by atoms with Crippen LogP contribution in [0.15, 0.2) is 46.3 Å². The molecule has 0 radical (unpaired) electrons. The Hall–Kier alpha value is -2.70. The molecule has 2 heterocycles. The van der Waals surface area contributed by atoms with Crippen molar-refractivity contribution in [3.05, 3.63) is 51.1 Å². The van der Waals surface area contributed by atoms with Crippen LogP contribution in [0.5, 0.6) is 0 Å².